The molecule has 9 nitrogen and oxygen atoms in total. The van der Waals surface area contributed by atoms with Gasteiger partial charge in [-0.2, -0.15) is 0 Å². The molecule has 1 rings (SSSR count). The summed E-state index contributed by atoms with van der Waals surface area (Å²) in [5.41, 5.74) is 5.70. The van der Waals surface area contributed by atoms with E-state index in [1.54, 1.807) is 0 Å². The number of hydrogen-bond donors (Lipinski definition) is 2. The van der Waals surface area contributed by atoms with E-state index >= 15 is 0 Å². The first-order chi connectivity index (χ1) is 9.72. The van der Waals surface area contributed by atoms with E-state index in [-0.39, 0.29) is 6.61 Å². The fourth-order valence-electron chi connectivity index (χ4n) is 1.95. The molecule has 1 aliphatic heterocycles. The number of hydrogen-bond acceptors (Lipinski definition) is 9. The van der Waals surface area contributed by atoms with Crippen molar-refractivity contribution in [3.8, 4) is 0 Å². The van der Waals surface area contributed by atoms with Gasteiger partial charge in [0, 0.05) is 20.8 Å². The number of rotatable bonds is 4. The summed E-state index contributed by atoms with van der Waals surface area (Å²) in [6, 6.07) is -1.10. The summed E-state index contributed by atoms with van der Waals surface area (Å²) in [5.74, 6) is -1.89. The zero-order chi connectivity index (χ0) is 16.2. The molecule has 9 heteroatoms. The Hall–Kier alpha value is -1.71. The highest BCUT2D eigenvalue weighted by molar-refractivity contribution is 5.67. The number of aliphatic hydroxyl groups is 1. The van der Waals surface area contributed by atoms with E-state index in [1.165, 1.54) is 6.92 Å². The normalized spacial score (nSPS) is 32.1. The molecule has 0 radical (unpaired) electrons. The van der Waals surface area contributed by atoms with E-state index in [2.05, 4.69) is 0 Å². The lowest BCUT2D eigenvalue weighted by Crippen LogP contribution is -2.64. The van der Waals surface area contributed by atoms with E-state index < -0.39 is 48.6 Å². The van der Waals surface area contributed by atoms with Crippen molar-refractivity contribution in [1.82, 2.24) is 0 Å². The van der Waals surface area contributed by atoms with E-state index in [0.717, 1.165) is 13.8 Å². The standard InChI is InChI=1S/C12H19NO8/c1-5(14)18-4-8-10(19-6(2)15)11(20-7(3)16)9(13)12(17)21-8/h8-12,17H,4,13H2,1-3H3/t8-,9+,10+,11+,12-/m0/s1. The van der Waals surface area contributed by atoms with Crippen LogP contribution in [-0.4, -0.2) is 60.3 Å². The summed E-state index contributed by atoms with van der Waals surface area (Å²) in [5, 5.41) is 9.73. The predicted octanol–water partition coefficient (Wildman–Crippen LogP) is -1.54. The highest BCUT2D eigenvalue weighted by Gasteiger charge is 2.48. The van der Waals surface area contributed by atoms with E-state index in [1.807, 2.05) is 0 Å². The summed E-state index contributed by atoms with van der Waals surface area (Å²) in [7, 11) is 0. The van der Waals surface area contributed by atoms with Gasteiger partial charge in [-0.3, -0.25) is 14.4 Å². The van der Waals surface area contributed by atoms with E-state index in [4.69, 9.17) is 24.7 Å². The van der Waals surface area contributed by atoms with Gasteiger partial charge in [0.25, 0.3) is 0 Å². The summed E-state index contributed by atoms with van der Waals surface area (Å²) in [4.78, 5) is 33.2. The second kappa shape index (κ2) is 7.34. The van der Waals surface area contributed by atoms with Gasteiger partial charge in [-0.05, 0) is 0 Å². The summed E-state index contributed by atoms with van der Waals surface area (Å²) in [6.07, 6.45) is -4.67. The Balaban J connectivity index is 2.94. The molecule has 1 heterocycles. The van der Waals surface area contributed by atoms with Crippen molar-refractivity contribution in [1.29, 1.82) is 0 Å². The van der Waals surface area contributed by atoms with Crippen LogP contribution in [-0.2, 0) is 33.3 Å². The number of carbonyl (C=O) groups is 3. The number of nitrogens with two attached hydrogens (primary N) is 1. The molecule has 0 aliphatic carbocycles. The van der Waals surface area contributed by atoms with Gasteiger partial charge >= 0.3 is 17.9 Å². The van der Waals surface area contributed by atoms with Crippen LogP contribution in [0.3, 0.4) is 0 Å². The first kappa shape index (κ1) is 17.3. The number of carbonyl (C=O) groups excluding carboxylic acids is 3. The average molecular weight is 305 g/mol. The van der Waals surface area contributed by atoms with Crippen LogP contribution < -0.4 is 5.73 Å². The lowest BCUT2D eigenvalue weighted by atomic mass is 9.97. The van der Waals surface area contributed by atoms with Crippen LogP contribution in [0.15, 0.2) is 0 Å². The summed E-state index contributed by atoms with van der Waals surface area (Å²) in [6.45, 7) is 3.22. The molecule has 5 atom stereocenters. The molecule has 0 amide bonds. The Morgan fingerprint density at radius 3 is 2.05 bits per heavy atom. The van der Waals surface area contributed by atoms with Crippen molar-refractivity contribution in [2.24, 2.45) is 5.73 Å². The fraction of sp³-hybridized carbons (Fsp3) is 0.750. The van der Waals surface area contributed by atoms with Gasteiger partial charge in [0.15, 0.2) is 18.5 Å². The van der Waals surface area contributed by atoms with Crippen LogP contribution in [0.4, 0.5) is 0 Å². The molecule has 0 saturated carbocycles. The Kier molecular flexibility index (Phi) is 6.06. The Bertz CT molecular complexity index is 412. The Morgan fingerprint density at radius 1 is 1.05 bits per heavy atom. The molecule has 0 spiro atoms. The molecule has 1 saturated heterocycles. The van der Waals surface area contributed by atoms with Crippen molar-refractivity contribution in [2.45, 2.75) is 51.4 Å². The van der Waals surface area contributed by atoms with Crippen molar-refractivity contribution in [3.05, 3.63) is 0 Å². The monoisotopic (exact) mass is 305 g/mol. The number of esters is 3. The van der Waals surface area contributed by atoms with Gasteiger partial charge in [0.2, 0.25) is 0 Å². The smallest absolute Gasteiger partial charge is 0.303 e. The van der Waals surface area contributed by atoms with Crippen LogP contribution in [0.2, 0.25) is 0 Å². The molecule has 1 fully saturated rings. The fourth-order valence-corrected chi connectivity index (χ4v) is 1.95. The molecule has 0 aromatic rings. The second-order valence-electron chi connectivity index (χ2n) is 4.59. The second-order valence-corrected chi connectivity index (χ2v) is 4.59. The van der Waals surface area contributed by atoms with Crippen LogP contribution in [0.25, 0.3) is 0 Å². The topological polar surface area (TPSA) is 134 Å². The summed E-state index contributed by atoms with van der Waals surface area (Å²) >= 11 is 0. The van der Waals surface area contributed by atoms with Crippen molar-refractivity contribution in [2.75, 3.05) is 6.61 Å². The summed E-state index contributed by atoms with van der Waals surface area (Å²) < 4.78 is 20.0. The minimum atomic E-state index is -1.46. The third-order valence-corrected chi connectivity index (χ3v) is 2.77. The van der Waals surface area contributed by atoms with Crippen LogP contribution in [0, 0.1) is 0 Å². The minimum absolute atomic E-state index is 0.283. The molecule has 1 aliphatic rings. The van der Waals surface area contributed by atoms with Gasteiger partial charge in [-0.1, -0.05) is 0 Å². The van der Waals surface area contributed by atoms with Gasteiger partial charge in [-0.25, -0.2) is 0 Å². The van der Waals surface area contributed by atoms with E-state index in [0.29, 0.717) is 0 Å². The van der Waals surface area contributed by atoms with Crippen molar-refractivity contribution < 1.29 is 38.4 Å². The van der Waals surface area contributed by atoms with Gasteiger partial charge in [-0.15, -0.1) is 0 Å². The van der Waals surface area contributed by atoms with Gasteiger partial charge < -0.3 is 29.8 Å². The van der Waals surface area contributed by atoms with Crippen molar-refractivity contribution >= 4 is 17.9 Å². The molecular formula is C12H19NO8. The quantitative estimate of drug-likeness (QED) is 0.468. The maximum absolute atomic E-state index is 11.2. The Labute approximate surface area is 121 Å². The molecule has 120 valence electrons. The first-order valence-electron chi connectivity index (χ1n) is 6.29. The number of aliphatic hydroxyl groups excluding tert-OH is 1. The average Bonchev–Trinajstić information content (AvgIpc) is 2.35. The third-order valence-electron chi connectivity index (χ3n) is 2.77. The predicted molar refractivity (Wildman–Crippen MR) is 66.6 cm³/mol. The van der Waals surface area contributed by atoms with Crippen molar-refractivity contribution in [3.63, 3.8) is 0 Å². The maximum atomic E-state index is 11.2. The zero-order valence-electron chi connectivity index (χ0n) is 12.0. The number of ether oxygens (including phenoxy) is 4. The highest BCUT2D eigenvalue weighted by atomic mass is 16.7. The lowest BCUT2D eigenvalue weighted by Gasteiger charge is -2.41. The molecule has 0 aromatic carbocycles. The molecule has 0 aromatic heterocycles. The van der Waals surface area contributed by atoms with E-state index in [9.17, 15) is 19.5 Å². The third kappa shape index (κ3) is 4.96. The van der Waals surface area contributed by atoms with Gasteiger partial charge in [0.05, 0.1) is 6.04 Å². The molecule has 21 heavy (non-hydrogen) atoms. The largest absolute Gasteiger partial charge is 0.463 e. The maximum Gasteiger partial charge on any atom is 0.303 e. The minimum Gasteiger partial charge on any atom is -0.463 e. The van der Waals surface area contributed by atoms with Crippen LogP contribution in [0.1, 0.15) is 20.8 Å². The van der Waals surface area contributed by atoms with Crippen LogP contribution in [0.5, 0.6) is 0 Å². The zero-order valence-corrected chi connectivity index (χ0v) is 12.0. The first-order valence-corrected chi connectivity index (χ1v) is 6.29. The molecule has 0 unspecified atom stereocenters. The molecule has 0 bridgehead atoms. The SMILES string of the molecule is CC(=O)OC[C@@H]1O[C@H](O)[C@H](N)[C@@H](OC(C)=O)[C@@H]1OC(C)=O. The molecular weight excluding hydrogens is 286 g/mol. The van der Waals surface area contributed by atoms with Gasteiger partial charge in [0.1, 0.15) is 12.7 Å². The van der Waals surface area contributed by atoms with Crippen LogP contribution >= 0.6 is 0 Å². The lowest BCUT2D eigenvalue weighted by molar-refractivity contribution is -0.260. The Morgan fingerprint density at radius 2 is 1.57 bits per heavy atom. The molecule has 3 N–H and O–H groups in total. The highest BCUT2D eigenvalue weighted by Crippen LogP contribution is 2.24.